The monoisotopic (exact) mass is 312 g/mol. The Morgan fingerprint density at radius 3 is 0.500 bits per heavy atom. The molecule has 0 aromatic rings. The normalized spacial score (nSPS) is 0. The first-order valence-electron chi connectivity index (χ1n) is 0. The summed E-state index contributed by atoms with van der Waals surface area (Å²) in [5.74, 6) is 0. The SMILES string of the molecule is [La+3].[La+3].[OH-].[OH-]. The van der Waals surface area contributed by atoms with Crippen molar-refractivity contribution in [1.82, 2.24) is 0 Å². The summed E-state index contributed by atoms with van der Waals surface area (Å²) in [6.07, 6.45) is 0. The van der Waals surface area contributed by atoms with E-state index in [1.165, 1.54) is 0 Å². The van der Waals surface area contributed by atoms with Gasteiger partial charge in [-0.1, -0.05) is 0 Å². The third-order valence-electron chi connectivity index (χ3n) is 0. The van der Waals surface area contributed by atoms with Crippen molar-refractivity contribution in [2.24, 2.45) is 0 Å². The van der Waals surface area contributed by atoms with Crippen molar-refractivity contribution in [2.45, 2.75) is 0 Å². The van der Waals surface area contributed by atoms with Gasteiger partial charge in [-0.3, -0.25) is 0 Å². The molecule has 0 heterocycles. The molecule has 16 valence electrons. The second-order valence-electron chi connectivity index (χ2n) is 0. The molecule has 0 aliphatic heterocycles. The van der Waals surface area contributed by atoms with Crippen molar-refractivity contribution in [1.29, 1.82) is 0 Å². The molecule has 0 spiro atoms. The van der Waals surface area contributed by atoms with Gasteiger partial charge in [0.15, 0.2) is 0 Å². The van der Waals surface area contributed by atoms with E-state index in [0.29, 0.717) is 0 Å². The fourth-order valence-electron chi connectivity index (χ4n) is 0. The maximum absolute atomic E-state index is 0. The molecule has 0 aromatic heterocycles. The molecule has 0 rings (SSSR count). The van der Waals surface area contributed by atoms with Gasteiger partial charge >= 0.3 is 71.2 Å². The molecule has 2 nitrogen and oxygen atoms in total. The smallest absolute Gasteiger partial charge is 0.870 e. The van der Waals surface area contributed by atoms with Crippen molar-refractivity contribution >= 4 is 0 Å². The van der Waals surface area contributed by atoms with E-state index in [9.17, 15) is 0 Å². The van der Waals surface area contributed by atoms with E-state index in [-0.39, 0.29) is 82.2 Å². The van der Waals surface area contributed by atoms with Crippen molar-refractivity contribution in [3.05, 3.63) is 0 Å². The van der Waals surface area contributed by atoms with Crippen LogP contribution in [0.15, 0.2) is 0 Å². The van der Waals surface area contributed by atoms with Crippen molar-refractivity contribution in [3.8, 4) is 0 Å². The van der Waals surface area contributed by atoms with Crippen LogP contribution < -0.4 is 0 Å². The van der Waals surface area contributed by atoms with Crippen LogP contribution in [0.3, 0.4) is 0 Å². The van der Waals surface area contributed by atoms with E-state index >= 15 is 0 Å². The summed E-state index contributed by atoms with van der Waals surface area (Å²) < 4.78 is 0. The van der Waals surface area contributed by atoms with Crippen molar-refractivity contribution < 1.29 is 82.2 Å². The Hall–Kier alpha value is 2.31. The van der Waals surface area contributed by atoms with Crippen LogP contribution in [0.25, 0.3) is 0 Å². The third kappa shape index (κ3) is 8.85. The number of hydrogen-bond donors (Lipinski definition) is 0. The van der Waals surface area contributed by atoms with Crippen LogP contribution in [0.5, 0.6) is 0 Å². The van der Waals surface area contributed by atoms with Gasteiger partial charge in [-0.2, -0.15) is 0 Å². The molecule has 4 heavy (non-hydrogen) atoms. The largest absolute Gasteiger partial charge is 3.00 e. The van der Waals surface area contributed by atoms with Crippen LogP contribution in [0.1, 0.15) is 0 Å². The molecule has 0 bridgehead atoms. The van der Waals surface area contributed by atoms with E-state index in [2.05, 4.69) is 0 Å². The summed E-state index contributed by atoms with van der Waals surface area (Å²) in [6.45, 7) is 0. The van der Waals surface area contributed by atoms with Crippen molar-refractivity contribution in [3.63, 3.8) is 0 Å². The molecule has 0 aromatic carbocycles. The van der Waals surface area contributed by atoms with Gasteiger partial charge in [0.2, 0.25) is 0 Å². The molecule has 0 amide bonds. The molecule has 4 heteroatoms. The molecule has 0 aliphatic carbocycles. The van der Waals surface area contributed by atoms with Gasteiger partial charge in [0.05, 0.1) is 0 Å². The fourth-order valence-corrected chi connectivity index (χ4v) is 0. The Balaban J connectivity index is 0. The molecule has 0 fully saturated rings. The summed E-state index contributed by atoms with van der Waals surface area (Å²) in [5.41, 5.74) is 0. The average molecular weight is 312 g/mol. The zero-order valence-corrected chi connectivity index (χ0v) is 9.30. The van der Waals surface area contributed by atoms with E-state index in [1.54, 1.807) is 0 Å². The minimum atomic E-state index is 0. The summed E-state index contributed by atoms with van der Waals surface area (Å²) in [6, 6.07) is 0. The molecule has 0 unspecified atom stereocenters. The predicted molar refractivity (Wildman–Crippen MR) is 3.87 cm³/mol. The van der Waals surface area contributed by atoms with Crippen LogP contribution >= 0.6 is 0 Å². The quantitative estimate of drug-likeness (QED) is 0.614. The zero-order chi connectivity index (χ0) is 0. The van der Waals surface area contributed by atoms with Gasteiger partial charge in [-0.15, -0.1) is 0 Å². The Labute approximate surface area is 80.5 Å². The summed E-state index contributed by atoms with van der Waals surface area (Å²) in [4.78, 5) is 0. The topological polar surface area (TPSA) is 60.0 Å². The summed E-state index contributed by atoms with van der Waals surface area (Å²) in [7, 11) is 0. The van der Waals surface area contributed by atoms with Crippen LogP contribution in [0.4, 0.5) is 0 Å². The van der Waals surface area contributed by atoms with Crippen LogP contribution in [0.2, 0.25) is 0 Å². The molecule has 0 aliphatic rings. The molecule has 0 saturated carbocycles. The first-order chi connectivity index (χ1) is 0. The van der Waals surface area contributed by atoms with E-state index < -0.39 is 0 Å². The molecule has 2 N–H and O–H groups in total. The Morgan fingerprint density at radius 2 is 0.500 bits per heavy atom. The van der Waals surface area contributed by atoms with Gasteiger partial charge in [0.25, 0.3) is 0 Å². The van der Waals surface area contributed by atoms with Crippen molar-refractivity contribution in [2.75, 3.05) is 0 Å². The van der Waals surface area contributed by atoms with Gasteiger partial charge in [-0.25, -0.2) is 0 Å². The van der Waals surface area contributed by atoms with E-state index in [0.717, 1.165) is 0 Å². The summed E-state index contributed by atoms with van der Waals surface area (Å²) >= 11 is 0. The molecule has 0 radical (unpaired) electrons. The van der Waals surface area contributed by atoms with Crippen LogP contribution in [-0.2, 0) is 0 Å². The first-order valence-corrected chi connectivity index (χ1v) is 0. The van der Waals surface area contributed by atoms with E-state index in [4.69, 9.17) is 0 Å². The Kier molecular flexibility index (Phi) is 154. The molecular weight excluding hydrogens is 310 g/mol. The van der Waals surface area contributed by atoms with Gasteiger partial charge in [0.1, 0.15) is 0 Å². The van der Waals surface area contributed by atoms with Crippen LogP contribution in [-0.4, -0.2) is 11.0 Å². The van der Waals surface area contributed by atoms with Gasteiger partial charge in [-0.05, 0) is 0 Å². The Morgan fingerprint density at radius 1 is 0.500 bits per heavy atom. The van der Waals surface area contributed by atoms with Gasteiger partial charge < -0.3 is 11.0 Å². The van der Waals surface area contributed by atoms with Gasteiger partial charge in [0, 0.05) is 0 Å². The maximum atomic E-state index is 0. The molecule has 0 atom stereocenters. The minimum absolute atomic E-state index is 0. The fraction of sp³-hybridized carbons (Fsp3) is 0. The predicted octanol–water partition coefficient (Wildman–Crippen LogP) is -0.354. The zero-order valence-electron chi connectivity index (χ0n) is 2.05. The first kappa shape index (κ1) is 33.3. The van der Waals surface area contributed by atoms with E-state index in [1.807, 2.05) is 0 Å². The Bertz CT molecular complexity index is 4.00. The van der Waals surface area contributed by atoms with Crippen LogP contribution in [0, 0.1) is 71.2 Å². The number of rotatable bonds is 0. The average Bonchev–Trinajstić information content (AvgIpc) is 0. The minimum Gasteiger partial charge on any atom is -0.870 e. The third-order valence-corrected chi connectivity index (χ3v) is 0. The second-order valence-corrected chi connectivity index (χ2v) is 0. The summed E-state index contributed by atoms with van der Waals surface area (Å²) in [5, 5.41) is 0. The molecule has 0 saturated heterocycles. The maximum Gasteiger partial charge on any atom is 3.00 e. The standard InChI is InChI=1S/2La.2H2O/h;;2*1H2/q2*+3;;/p-2. The molecular formula is H2La2O2+4. The number of hydrogen-bond acceptors (Lipinski definition) is 2. The second kappa shape index (κ2) is 18.5.